The van der Waals surface area contributed by atoms with E-state index in [0.717, 1.165) is 35.5 Å². The van der Waals surface area contributed by atoms with Gasteiger partial charge in [-0.15, -0.1) is 0 Å². The third-order valence-electron chi connectivity index (χ3n) is 5.36. The smallest absolute Gasteiger partial charge is 0.245 e. The van der Waals surface area contributed by atoms with E-state index in [1.54, 1.807) is 11.0 Å². The van der Waals surface area contributed by atoms with Gasteiger partial charge in [-0.2, -0.15) is 0 Å². The molecule has 0 atom stereocenters. The van der Waals surface area contributed by atoms with Crippen molar-refractivity contribution < 1.29 is 14.6 Å². The molecular formula is C23H20N2O3. The number of anilines is 2. The molecule has 0 saturated carbocycles. The van der Waals surface area contributed by atoms with Gasteiger partial charge in [0.25, 0.3) is 0 Å². The van der Waals surface area contributed by atoms with E-state index in [-0.39, 0.29) is 5.91 Å². The molecule has 0 aromatic heterocycles. The second-order valence-electron chi connectivity index (χ2n) is 7.14. The molecule has 1 N–H and O–H groups in total. The Balaban J connectivity index is 1.43. The molecule has 0 aliphatic carbocycles. The topological polar surface area (TPSA) is 53.0 Å². The second-order valence-corrected chi connectivity index (χ2v) is 7.14. The summed E-state index contributed by atoms with van der Waals surface area (Å²) in [4.78, 5) is 17.2. The minimum Gasteiger partial charge on any atom is -0.508 e. The highest BCUT2D eigenvalue weighted by Crippen LogP contribution is 2.46. The third-order valence-corrected chi connectivity index (χ3v) is 5.36. The van der Waals surface area contributed by atoms with Crippen molar-refractivity contribution in [2.24, 2.45) is 0 Å². The quantitative estimate of drug-likeness (QED) is 0.732. The lowest BCUT2D eigenvalue weighted by Crippen LogP contribution is -2.41. The van der Waals surface area contributed by atoms with Gasteiger partial charge in [0, 0.05) is 13.1 Å². The number of phenolic OH excluding ortho intramolecular Hbond substituents is 1. The maximum atomic E-state index is 13.4. The molecule has 3 aromatic rings. The highest BCUT2D eigenvalue weighted by molar-refractivity contribution is 6.05. The van der Waals surface area contributed by atoms with E-state index in [0.29, 0.717) is 30.3 Å². The third kappa shape index (κ3) is 2.80. The van der Waals surface area contributed by atoms with Crippen molar-refractivity contribution in [1.82, 2.24) is 4.90 Å². The van der Waals surface area contributed by atoms with E-state index in [1.807, 2.05) is 60.7 Å². The van der Waals surface area contributed by atoms with Crippen LogP contribution in [0.1, 0.15) is 11.1 Å². The molecule has 0 bridgehead atoms. The Morgan fingerprint density at radius 1 is 0.929 bits per heavy atom. The van der Waals surface area contributed by atoms with Crippen molar-refractivity contribution in [3.63, 3.8) is 0 Å². The van der Waals surface area contributed by atoms with E-state index in [1.165, 1.54) is 0 Å². The van der Waals surface area contributed by atoms with Crippen molar-refractivity contribution >= 4 is 17.3 Å². The Labute approximate surface area is 163 Å². The number of rotatable bonds is 2. The summed E-state index contributed by atoms with van der Waals surface area (Å²) >= 11 is 0. The molecule has 0 saturated heterocycles. The first kappa shape index (κ1) is 16.8. The summed E-state index contributed by atoms with van der Waals surface area (Å²) in [7, 11) is 0. The number of ether oxygens (including phenoxy) is 1. The molecule has 0 spiro atoms. The average Bonchev–Trinajstić information content (AvgIpc) is 2.72. The van der Waals surface area contributed by atoms with Crippen LogP contribution in [-0.4, -0.2) is 29.0 Å². The van der Waals surface area contributed by atoms with Gasteiger partial charge < -0.3 is 9.84 Å². The zero-order chi connectivity index (χ0) is 19.1. The Morgan fingerprint density at radius 3 is 2.32 bits per heavy atom. The first-order valence-corrected chi connectivity index (χ1v) is 9.41. The minimum atomic E-state index is 0.00630. The van der Waals surface area contributed by atoms with Crippen LogP contribution in [-0.2, 0) is 17.8 Å². The van der Waals surface area contributed by atoms with Gasteiger partial charge in [-0.25, -0.2) is 0 Å². The van der Waals surface area contributed by atoms with Gasteiger partial charge in [0.05, 0.1) is 17.9 Å². The number of hydrogen-bond donors (Lipinski definition) is 1. The van der Waals surface area contributed by atoms with Gasteiger partial charge in [0.15, 0.2) is 11.5 Å². The van der Waals surface area contributed by atoms with Crippen LogP contribution in [0.5, 0.6) is 17.2 Å². The number of hydrogen-bond acceptors (Lipinski definition) is 4. The van der Waals surface area contributed by atoms with Crippen molar-refractivity contribution in [3.05, 3.63) is 77.9 Å². The lowest BCUT2D eigenvalue weighted by Gasteiger charge is -2.34. The second kappa shape index (κ2) is 6.69. The fourth-order valence-electron chi connectivity index (χ4n) is 4.02. The fraction of sp³-hybridized carbons (Fsp3) is 0.174. The van der Waals surface area contributed by atoms with E-state index in [9.17, 15) is 9.90 Å². The average molecular weight is 372 g/mol. The molecule has 2 aliphatic rings. The molecule has 5 rings (SSSR count). The van der Waals surface area contributed by atoms with Gasteiger partial charge in [0.1, 0.15) is 5.75 Å². The Bertz CT molecular complexity index is 1020. The largest absolute Gasteiger partial charge is 0.508 e. The Kier molecular flexibility index (Phi) is 4.02. The SMILES string of the molecule is O=C(CN1CCc2c(O)cccc2C1)N1c2ccccc2Oc2ccccc21. The molecule has 0 unspecified atom stereocenters. The standard InChI is InChI=1S/C23H20N2O3/c26-20-9-5-6-16-14-24(13-12-17(16)20)15-23(27)25-18-7-1-3-10-21(18)28-22-11-4-2-8-19(22)25/h1-11,26H,12-15H2. The van der Waals surface area contributed by atoms with Crippen LogP contribution in [0.25, 0.3) is 0 Å². The van der Waals surface area contributed by atoms with E-state index in [2.05, 4.69) is 4.90 Å². The zero-order valence-corrected chi connectivity index (χ0v) is 15.3. The Morgan fingerprint density at radius 2 is 1.61 bits per heavy atom. The first-order valence-electron chi connectivity index (χ1n) is 9.41. The fourth-order valence-corrected chi connectivity index (χ4v) is 4.02. The van der Waals surface area contributed by atoms with E-state index < -0.39 is 0 Å². The van der Waals surface area contributed by atoms with Gasteiger partial charge >= 0.3 is 0 Å². The maximum Gasteiger partial charge on any atom is 0.245 e. The summed E-state index contributed by atoms with van der Waals surface area (Å²) in [6.07, 6.45) is 0.742. The Hall–Kier alpha value is -3.31. The molecule has 140 valence electrons. The molecule has 3 aromatic carbocycles. The van der Waals surface area contributed by atoms with Crippen molar-refractivity contribution in [1.29, 1.82) is 0 Å². The number of amides is 1. The molecule has 0 radical (unpaired) electrons. The van der Waals surface area contributed by atoms with Gasteiger partial charge in [-0.1, -0.05) is 36.4 Å². The van der Waals surface area contributed by atoms with Crippen LogP contribution < -0.4 is 9.64 Å². The van der Waals surface area contributed by atoms with Crippen LogP contribution >= 0.6 is 0 Å². The summed E-state index contributed by atoms with van der Waals surface area (Å²) < 4.78 is 5.97. The highest BCUT2D eigenvalue weighted by Gasteiger charge is 2.30. The van der Waals surface area contributed by atoms with Crippen molar-refractivity contribution in [3.8, 4) is 17.2 Å². The number of fused-ring (bicyclic) bond motifs is 3. The molecule has 1 amide bonds. The summed E-state index contributed by atoms with van der Waals surface area (Å²) in [6.45, 7) is 1.70. The molecule has 2 heterocycles. The molecule has 5 nitrogen and oxygen atoms in total. The van der Waals surface area contributed by atoms with Crippen LogP contribution in [0.2, 0.25) is 0 Å². The summed E-state index contributed by atoms with van der Waals surface area (Å²) in [6, 6.07) is 20.8. The summed E-state index contributed by atoms with van der Waals surface area (Å²) in [5.41, 5.74) is 3.61. The minimum absolute atomic E-state index is 0.00630. The summed E-state index contributed by atoms with van der Waals surface area (Å²) in [5, 5.41) is 10.0. The van der Waals surface area contributed by atoms with Crippen LogP contribution in [0.15, 0.2) is 66.7 Å². The molecule has 28 heavy (non-hydrogen) atoms. The number of carbonyl (C=O) groups is 1. The van der Waals surface area contributed by atoms with Crippen LogP contribution in [0, 0.1) is 0 Å². The van der Waals surface area contributed by atoms with Crippen molar-refractivity contribution in [2.45, 2.75) is 13.0 Å². The molecule has 0 fully saturated rings. The highest BCUT2D eigenvalue weighted by atomic mass is 16.5. The first-order chi connectivity index (χ1) is 13.7. The zero-order valence-electron chi connectivity index (χ0n) is 15.3. The van der Waals surface area contributed by atoms with Gasteiger partial charge in [-0.3, -0.25) is 14.6 Å². The monoisotopic (exact) mass is 372 g/mol. The lowest BCUT2D eigenvalue weighted by atomic mass is 9.99. The lowest BCUT2D eigenvalue weighted by molar-refractivity contribution is -0.119. The van der Waals surface area contributed by atoms with Gasteiger partial charge in [0.2, 0.25) is 5.91 Å². The predicted octanol–water partition coefficient (Wildman–Crippen LogP) is 4.22. The van der Waals surface area contributed by atoms with E-state index >= 15 is 0 Å². The molecule has 2 aliphatic heterocycles. The number of benzene rings is 3. The predicted molar refractivity (Wildman–Crippen MR) is 107 cm³/mol. The van der Waals surface area contributed by atoms with Crippen LogP contribution in [0.4, 0.5) is 11.4 Å². The van der Waals surface area contributed by atoms with Gasteiger partial charge in [-0.05, 0) is 47.9 Å². The normalized spacial score (nSPS) is 15.2. The maximum absolute atomic E-state index is 13.4. The number of aromatic hydroxyl groups is 1. The van der Waals surface area contributed by atoms with Crippen molar-refractivity contribution in [2.75, 3.05) is 18.0 Å². The number of nitrogens with zero attached hydrogens (tertiary/aromatic N) is 2. The van der Waals surface area contributed by atoms with Crippen LogP contribution in [0.3, 0.4) is 0 Å². The molecular weight excluding hydrogens is 352 g/mol. The summed E-state index contributed by atoms with van der Waals surface area (Å²) in [5.74, 6) is 1.72. The number of para-hydroxylation sites is 4. The van der Waals surface area contributed by atoms with E-state index in [4.69, 9.17) is 4.74 Å². The number of phenols is 1. The number of carbonyl (C=O) groups excluding carboxylic acids is 1. The molecule has 5 heteroatoms.